The number of amides is 1. The molecular weight excluding hydrogens is 346 g/mol. The average Bonchev–Trinajstić information content (AvgIpc) is 3.14. The molecule has 2 aromatic carbocycles. The number of carbonyl (C=O) groups is 1. The molecule has 5 rings (SSSR count). The van der Waals surface area contributed by atoms with Crippen LogP contribution in [-0.4, -0.2) is 22.1 Å². The fourth-order valence-electron chi connectivity index (χ4n) is 3.24. The lowest BCUT2D eigenvalue weighted by atomic mass is 9.97. The van der Waals surface area contributed by atoms with Crippen LogP contribution in [0.2, 0.25) is 0 Å². The van der Waals surface area contributed by atoms with Crippen LogP contribution in [0.1, 0.15) is 16.4 Å². The number of nitrogens with zero attached hydrogens (tertiary/aromatic N) is 2. The third kappa shape index (κ3) is 2.59. The van der Waals surface area contributed by atoms with Crippen LogP contribution in [0.3, 0.4) is 0 Å². The van der Waals surface area contributed by atoms with Crippen LogP contribution in [-0.2, 0) is 4.79 Å². The van der Waals surface area contributed by atoms with E-state index in [2.05, 4.69) is 40.8 Å². The van der Waals surface area contributed by atoms with Gasteiger partial charge < -0.3 is 14.6 Å². The first-order valence-corrected chi connectivity index (χ1v) is 9.19. The average molecular weight is 361 g/mol. The van der Waals surface area contributed by atoms with E-state index in [1.54, 1.807) is 11.8 Å². The first kappa shape index (κ1) is 15.3. The van der Waals surface area contributed by atoms with E-state index in [1.165, 1.54) is 5.56 Å². The molecular formula is C20H15N3O2S. The molecule has 6 heteroatoms. The molecule has 5 nitrogen and oxygen atoms in total. The number of thioether (sulfide) groups is 1. The van der Waals surface area contributed by atoms with Crippen molar-refractivity contribution in [3.8, 4) is 5.75 Å². The van der Waals surface area contributed by atoms with Gasteiger partial charge in [0, 0.05) is 18.6 Å². The van der Waals surface area contributed by atoms with Crippen LogP contribution in [0.25, 0.3) is 11.8 Å². The summed E-state index contributed by atoms with van der Waals surface area (Å²) in [6, 6.07) is 16.3. The molecule has 26 heavy (non-hydrogen) atoms. The lowest BCUT2D eigenvalue weighted by Crippen LogP contribution is -2.25. The van der Waals surface area contributed by atoms with Crippen molar-refractivity contribution < 1.29 is 9.53 Å². The predicted molar refractivity (Wildman–Crippen MR) is 102 cm³/mol. The maximum Gasteiger partial charge on any atom is 0.262 e. The highest BCUT2D eigenvalue weighted by Gasteiger charge is 2.27. The summed E-state index contributed by atoms with van der Waals surface area (Å²) < 4.78 is 7.52. The molecule has 1 N–H and O–H groups in total. The largest absolute Gasteiger partial charge is 0.482 e. The number of rotatable bonds is 2. The fourth-order valence-corrected chi connectivity index (χ4v) is 4.42. The number of benzene rings is 2. The predicted octanol–water partition coefficient (Wildman–Crippen LogP) is 4.06. The number of hydrogen-bond acceptors (Lipinski definition) is 4. The van der Waals surface area contributed by atoms with Gasteiger partial charge in [-0.2, -0.15) is 0 Å². The maximum absolute atomic E-state index is 11.7. The summed E-state index contributed by atoms with van der Waals surface area (Å²) >= 11 is 1.72. The Bertz CT molecular complexity index is 1030. The fraction of sp³-hybridized carbons (Fsp3) is 0.100. The highest BCUT2D eigenvalue weighted by molar-refractivity contribution is 7.99. The molecule has 1 aromatic heterocycles. The van der Waals surface area contributed by atoms with Crippen molar-refractivity contribution in [1.82, 2.24) is 9.55 Å². The molecule has 2 aliphatic heterocycles. The van der Waals surface area contributed by atoms with Crippen molar-refractivity contribution in [2.45, 2.75) is 10.4 Å². The molecule has 2 aliphatic rings. The van der Waals surface area contributed by atoms with E-state index in [1.807, 2.05) is 41.2 Å². The Balaban J connectivity index is 1.63. The van der Waals surface area contributed by atoms with E-state index in [0.717, 1.165) is 16.3 Å². The molecule has 3 aromatic rings. The van der Waals surface area contributed by atoms with Gasteiger partial charge in [-0.25, -0.2) is 4.98 Å². The Labute approximate surface area is 154 Å². The van der Waals surface area contributed by atoms with E-state index >= 15 is 0 Å². The third-order valence-electron chi connectivity index (χ3n) is 4.47. The molecule has 0 saturated heterocycles. The quantitative estimate of drug-likeness (QED) is 0.748. The third-order valence-corrected chi connectivity index (χ3v) is 5.75. The van der Waals surface area contributed by atoms with E-state index in [-0.39, 0.29) is 17.8 Å². The highest BCUT2D eigenvalue weighted by Crippen LogP contribution is 2.48. The molecule has 3 heterocycles. The maximum atomic E-state index is 11.7. The van der Waals surface area contributed by atoms with E-state index < -0.39 is 0 Å². The van der Waals surface area contributed by atoms with Crippen LogP contribution in [0, 0.1) is 0 Å². The van der Waals surface area contributed by atoms with Crippen molar-refractivity contribution in [3.63, 3.8) is 0 Å². The Hall–Kier alpha value is -2.99. The molecule has 1 unspecified atom stereocenters. The summed E-state index contributed by atoms with van der Waals surface area (Å²) in [6.45, 7) is 0.0654. The number of nitrogens with one attached hydrogen (secondary N) is 1. The minimum Gasteiger partial charge on any atom is -0.482 e. The molecule has 0 fully saturated rings. The summed E-state index contributed by atoms with van der Waals surface area (Å²) in [5.41, 5.74) is 4.15. The van der Waals surface area contributed by atoms with Crippen LogP contribution in [0.15, 0.2) is 66.1 Å². The van der Waals surface area contributed by atoms with Gasteiger partial charge in [0.25, 0.3) is 5.91 Å². The van der Waals surface area contributed by atoms with Crippen molar-refractivity contribution >= 4 is 35.1 Å². The molecule has 0 aliphatic carbocycles. The van der Waals surface area contributed by atoms with Gasteiger partial charge in [-0.05, 0) is 28.8 Å². The zero-order valence-corrected chi connectivity index (χ0v) is 14.6. The normalized spacial score (nSPS) is 18.2. The Morgan fingerprint density at radius 3 is 2.96 bits per heavy atom. The Morgan fingerprint density at radius 1 is 1.19 bits per heavy atom. The lowest BCUT2D eigenvalue weighted by molar-refractivity contribution is -0.118. The lowest BCUT2D eigenvalue weighted by Gasteiger charge is -2.26. The highest BCUT2D eigenvalue weighted by atomic mass is 32.2. The second-order valence-corrected chi connectivity index (χ2v) is 7.23. The number of ether oxygens (including phenoxy) is 1. The summed E-state index contributed by atoms with van der Waals surface area (Å²) in [5, 5.41) is 3.99. The van der Waals surface area contributed by atoms with Crippen LogP contribution >= 0.6 is 11.8 Å². The van der Waals surface area contributed by atoms with Gasteiger partial charge in [0.2, 0.25) is 0 Å². The van der Waals surface area contributed by atoms with Crippen molar-refractivity contribution in [3.05, 3.63) is 72.1 Å². The number of anilines is 1. The van der Waals surface area contributed by atoms with Gasteiger partial charge in [0.05, 0.1) is 10.9 Å². The van der Waals surface area contributed by atoms with E-state index in [0.29, 0.717) is 11.4 Å². The SMILES string of the molecule is O=C1COc2ccc(C3=Cn4ccnc4SC3c3ccccc3)cc2N1. The Morgan fingerprint density at radius 2 is 2.08 bits per heavy atom. The van der Waals surface area contributed by atoms with Crippen LogP contribution in [0.5, 0.6) is 5.75 Å². The van der Waals surface area contributed by atoms with Crippen molar-refractivity contribution in [2.75, 3.05) is 11.9 Å². The number of hydrogen-bond donors (Lipinski definition) is 1. The van der Waals surface area contributed by atoms with Gasteiger partial charge in [0.15, 0.2) is 11.8 Å². The van der Waals surface area contributed by atoms with Gasteiger partial charge in [0.1, 0.15) is 5.75 Å². The summed E-state index contributed by atoms with van der Waals surface area (Å²) in [6.07, 6.45) is 5.88. The molecule has 1 amide bonds. The monoisotopic (exact) mass is 361 g/mol. The molecule has 0 bridgehead atoms. The molecule has 1 atom stereocenters. The molecule has 0 saturated carbocycles. The smallest absolute Gasteiger partial charge is 0.262 e. The zero-order chi connectivity index (χ0) is 17.5. The number of carbonyl (C=O) groups excluding carboxylic acids is 1. The van der Waals surface area contributed by atoms with Crippen molar-refractivity contribution in [2.24, 2.45) is 0 Å². The number of imidazole rings is 1. The second-order valence-electron chi connectivity index (χ2n) is 6.16. The standard InChI is InChI=1S/C20H15N3O2S/c24-18-12-25-17-7-6-14(10-16(17)22-18)15-11-23-9-8-21-20(23)26-19(15)13-4-2-1-3-5-13/h1-11,19H,12H2,(H,22,24). The first-order chi connectivity index (χ1) is 12.8. The van der Waals surface area contributed by atoms with Gasteiger partial charge >= 0.3 is 0 Å². The van der Waals surface area contributed by atoms with Crippen molar-refractivity contribution in [1.29, 1.82) is 0 Å². The summed E-state index contributed by atoms with van der Waals surface area (Å²) in [5.74, 6) is 0.579. The summed E-state index contributed by atoms with van der Waals surface area (Å²) in [4.78, 5) is 16.1. The van der Waals surface area contributed by atoms with E-state index in [4.69, 9.17) is 4.74 Å². The van der Waals surface area contributed by atoms with Gasteiger partial charge in [-0.15, -0.1) is 0 Å². The van der Waals surface area contributed by atoms with E-state index in [9.17, 15) is 4.79 Å². The number of fused-ring (bicyclic) bond motifs is 2. The topological polar surface area (TPSA) is 56.2 Å². The second kappa shape index (κ2) is 6.07. The van der Waals surface area contributed by atoms with Gasteiger partial charge in [-0.3, -0.25) is 4.79 Å². The minimum absolute atomic E-state index is 0.0654. The number of aromatic nitrogens is 2. The molecule has 0 radical (unpaired) electrons. The van der Waals surface area contributed by atoms with Crippen LogP contribution in [0.4, 0.5) is 5.69 Å². The minimum atomic E-state index is -0.127. The zero-order valence-electron chi connectivity index (χ0n) is 13.8. The van der Waals surface area contributed by atoms with Gasteiger partial charge in [-0.1, -0.05) is 48.2 Å². The Kier molecular flexibility index (Phi) is 3.57. The molecule has 128 valence electrons. The molecule has 0 spiro atoms. The van der Waals surface area contributed by atoms with Crippen LogP contribution < -0.4 is 10.1 Å². The summed E-state index contributed by atoms with van der Waals surface area (Å²) in [7, 11) is 0. The first-order valence-electron chi connectivity index (χ1n) is 8.31.